The van der Waals surface area contributed by atoms with Gasteiger partial charge in [-0.3, -0.25) is 19.4 Å². The predicted octanol–water partition coefficient (Wildman–Crippen LogP) is 0.540. The van der Waals surface area contributed by atoms with E-state index in [1.807, 2.05) is 6.92 Å². The molecule has 1 unspecified atom stereocenters. The molecule has 3 N–H and O–H groups in total. The van der Waals surface area contributed by atoms with Crippen molar-refractivity contribution in [2.75, 3.05) is 13.7 Å². The molecule has 0 aliphatic carbocycles. The first-order chi connectivity index (χ1) is 11.0. The highest BCUT2D eigenvalue weighted by Gasteiger charge is 2.38. The lowest BCUT2D eigenvalue weighted by atomic mass is 10.1. The van der Waals surface area contributed by atoms with Crippen molar-refractivity contribution in [3.05, 3.63) is 24.6 Å². The lowest BCUT2D eigenvalue weighted by molar-refractivity contribution is -0.139. The van der Waals surface area contributed by atoms with Gasteiger partial charge < -0.3 is 14.8 Å². The Hall–Kier alpha value is -1.51. The van der Waals surface area contributed by atoms with Crippen molar-refractivity contribution in [2.24, 2.45) is 5.92 Å². The summed E-state index contributed by atoms with van der Waals surface area (Å²) in [5.74, 6) is -0.236. The van der Waals surface area contributed by atoms with E-state index in [1.165, 1.54) is 12.0 Å². The van der Waals surface area contributed by atoms with Crippen molar-refractivity contribution in [2.45, 2.75) is 25.8 Å². The number of hydrogen-bond donors (Lipinski definition) is 3. The number of esters is 1. The Morgan fingerprint density at radius 2 is 2.43 bits per heavy atom. The molecule has 2 amide bonds. The van der Waals surface area contributed by atoms with Crippen LogP contribution in [0, 0.1) is 5.92 Å². The van der Waals surface area contributed by atoms with Crippen LogP contribution in [0.15, 0.2) is 24.6 Å². The second-order valence-corrected chi connectivity index (χ2v) is 5.92. The molecule has 128 valence electrons. The quantitative estimate of drug-likeness (QED) is 0.268. The molecule has 2 rings (SSSR count). The average molecular weight is 344 g/mol. The van der Waals surface area contributed by atoms with Crippen LogP contribution in [0.25, 0.3) is 0 Å². The van der Waals surface area contributed by atoms with Crippen LogP contribution in [-0.4, -0.2) is 43.0 Å². The highest BCUT2D eigenvalue weighted by atomic mass is 31.1. The number of methoxy groups -OCH3 is 1. The molecule has 0 aromatic carbocycles. The van der Waals surface area contributed by atoms with Gasteiger partial charge >= 0.3 is 12.0 Å². The zero-order chi connectivity index (χ0) is 16.8. The van der Waals surface area contributed by atoms with Crippen molar-refractivity contribution >= 4 is 21.0 Å². The molecule has 0 aromatic rings. The number of amides is 2. The minimum absolute atomic E-state index is 0.0732. The average Bonchev–Trinajstić information content (AvgIpc) is 2.87. The summed E-state index contributed by atoms with van der Waals surface area (Å²) in [5.41, 5.74) is 3.32. The van der Waals surface area contributed by atoms with E-state index >= 15 is 0 Å². The summed E-state index contributed by atoms with van der Waals surface area (Å²) in [5, 5.41) is 5.41. The second kappa shape index (κ2) is 8.37. The molecule has 1 saturated heterocycles. The molecule has 0 saturated carbocycles. The zero-order valence-electron chi connectivity index (χ0n) is 13.0. The normalized spacial score (nSPS) is 27.7. The molecular weight excluding hydrogens is 323 g/mol. The minimum Gasteiger partial charge on any atom is -0.468 e. The van der Waals surface area contributed by atoms with E-state index in [2.05, 4.69) is 27.2 Å². The van der Waals surface area contributed by atoms with Crippen LogP contribution in [0.4, 0.5) is 4.79 Å². The van der Waals surface area contributed by atoms with Crippen LogP contribution in [0.1, 0.15) is 13.3 Å². The summed E-state index contributed by atoms with van der Waals surface area (Å²) in [6.45, 7) is 5.75. The van der Waals surface area contributed by atoms with Gasteiger partial charge in [-0.25, -0.2) is 4.79 Å². The molecule has 1 fully saturated rings. The summed E-state index contributed by atoms with van der Waals surface area (Å²) < 4.78 is 15.5. The van der Waals surface area contributed by atoms with Gasteiger partial charge in [0.25, 0.3) is 0 Å². The smallest absolute Gasteiger partial charge is 0.327 e. The van der Waals surface area contributed by atoms with E-state index in [1.54, 1.807) is 12.3 Å². The van der Waals surface area contributed by atoms with Gasteiger partial charge in [0, 0.05) is 17.8 Å². The second-order valence-electron chi connectivity index (χ2n) is 5.16. The summed E-state index contributed by atoms with van der Waals surface area (Å²) >= 11 is 0. The number of rotatable bonds is 7. The molecule has 0 radical (unpaired) electrons. The van der Waals surface area contributed by atoms with Crippen molar-refractivity contribution in [3.8, 4) is 0 Å². The van der Waals surface area contributed by atoms with E-state index in [0.29, 0.717) is 12.1 Å². The Morgan fingerprint density at radius 1 is 1.65 bits per heavy atom. The third kappa shape index (κ3) is 4.98. The van der Waals surface area contributed by atoms with E-state index < -0.39 is 0 Å². The summed E-state index contributed by atoms with van der Waals surface area (Å²) in [4.78, 5) is 24.4. The predicted molar refractivity (Wildman–Crippen MR) is 83.6 cm³/mol. The molecule has 2 heterocycles. The largest absolute Gasteiger partial charge is 0.468 e. The number of carbonyl (C=O) groups is 2. The molecule has 23 heavy (non-hydrogen) atoms. The Balaban J connectivity index is 1.73. The molecule has 2 aliphatic heterocycles. The van der Waals surface area contributed by atoms with Crippen molar-refractivity contribution in [1.82, 2.24) is 20.8 Å². The molecule has 4 atom stereocenters. The topological polar surface area (TPSA) is 101 Å². The molecule has 0 bridgehead atoms. The Morgan fingerprint density at radius 3 is 3.13 bits per heavy atom. The fraction of sp³-hybridized carbons (Fsp3) is 0.538. The van der Waals surface area contributed by atoms with Crippen LogP contribution >= 0.6 is 8.96 Å². The zero-order valence-corrected chi connectivity index (χ0v) is 14.0. The van der Waals surface area contributed by atoms with Crippen molar-refractivity contribution in [1.29, 1.82) is 0 Å². The molecule has 0 spiro atoms. The standard InChI is InChI=1S/C13H21N4O5P/c1-8-6-10(16-22-23-14-7-11(18)20-3)21-12(8)17-5-4-9(2)15-13(17)19/h4-5,8,10,12,14,16,23H,2,6-7H2,1,3H3,(H,15,19)/t8-,10-,12+/m0/s1. The fourth-order valence-electron chi connectivity index (χ4n) is 2.22. The number of urea groups is 1. The third-order valence-electron chi connectivity index (χ3n) is 3.36. The Bertz CT molecular complexity index is 501. The first kappa shape index (κ1) is 17.8. The summed E-state index contributed by atoms with van der Waals surface area (Å²) in [6.07, 6.45) is 3.34. The fourth-order valence-corrected chi connectivity index (χ4v) is 2.70. The first-order valence-corrected chi connectivity index (χ1v) is 8.00. The molecule has 0 aromatic heterocycles. The van der Waals surface area contributed by atoms with Crippen LogP contribution in [0.5, 0.6) is 0 Å². The van der Waals surface area contributed by atoms with Crippen LogP contribution in [0.3, 0.4) is 0 Å². The van der Waals surface area contributed by atoms with Crippen LogP contribution in [0.2, 0.25) is 0 Å². The summed E-state index contributed by atoms with van der Waals surface area (Å²) in [6, 6.07) is -0.266. The van der Waals surface area contributed by atoms with Gasteiger partial charge in [-0.05, 0) is 12.5 Å². The number of carbonyl (C=O) groups excluding carboxylic acids is 2. The highest BCUT2D eigenvalue weighted by Crippen LogP contribution is 2.29. The number of nitrogens with zero attached hydrogens (tertiary/aromatic N) is 1. The maximum Gasteiger partial charge on any atom is 0.327 e. The van der Waals surface area contributed by atoms with Gasteiger partial charge in [0.2, 0.25) is 0 Å². The maximum absolute atomic E-state index is 12.0. The van der Waals surface area contributed by atoms with Crippen molar-refractivity contribution < 1.29 is 23.7 Å². The van der Waals surface area contributed by atoms with Gasteiger partial charge in [-0.1, -0.05) is 13.5 Å². The van der Waals surface area contributed by atoms with Gasteiger partial charge in [0.05, 0.1) is 13.7 Å². The first-order valence-electron chi connectivity index (χ1n) is 7.09. The van der Waals surface area contributed by atoms with E-state index in [-0.39, 0.29) is 45.9 Å². The molecule has 10 heteroatoms. The Kier molecular flexibility index (Phi) is 6.49. The Labute approximate surface area is 136 Å². The van der Waals surface area contributed by atoms with E-state index in [4.69, 9.17) is 9.36 Å². The number of allylic oxidation sites excluding steroid dienone is 1. The van der Waals surface area contributed by atoms with Crippen LogP contribution < -0.4 is 15.9 Å². The lowest BCUT2D eigenvalue weighted by Crippen LogP contribution is -2.46. The third-order valence-corrected chi connectivity index (χ3v) is 3.90. The number of hydrogen-bond acceptors (Lipinski definition) is 7. The van der Waals surface area contributed by atoms with Gasteiger partial charge in [0.15, 0.2) is 0 Å². The van der Waals surface area contributed by atoms with E-state index in [9.17, 15) is 9.59 Å². The van der Waals surface area contributed by atoms with Crippen LogP contribution in [-0.2, 0) is 18.9 Å². The lowest BCUT2D eigenvalue weighted by Gasteiger charge is -2.30. The molecule has 9 nitrogen and oxygen atoms in total. The van der Waals surface area contributed by atoms with Gasteiger partial charge in [-0.15, -0.1) is 0 Å². The van der Waals surface area contributed by atoms with Gasteiger partial charge in [-0.2, -0.15) is 5.48 Å². The van der Waals surface area contributed by atoms with Crippen molar-refractivity contribution in [3.63, 3.8) is 0 Å². The van der Waals surface area contributed by atoms with E-state index in [0.717, 1.165) is 0 Å². The monoisotopic (exact) mass is 344 g/mol. The number of ether oxygens (including phenoxy) is 2. The number of nitrogens with one attached hydrogen (secondary N) is 3. The maximum atomic E-state index is 12.0. The number of hydroxylamine groups is 1. The highest BCUT2D eigenvalue weighted by molar-refractivity contribution is 7.29. The molecular formula is C13H21N4O5P. The summed E-state index contributed by atoms with van der Waals surface area (Å²) in [7, 11) is 1.20. The van der Waals surface area contributed by atoms with Gasteiger partial charge in [0.1, 0.15) is 21.4 Å². The molecule has 2 aliphatic rings. The minimum atomic E-state index is -0.383. The SMILES string of the molecule is C=C1C=CN([C@@H]2O[C@H](NOPNCC(=O)OC)C[C@@H]2C)C(=O)N1.